The Morgan fingerprint density at radius 3 is 3.00 bits per heavy atom. The van der Waals surface area contributed by atoms with E-state index >= 15 is 0 Å². The van der Waals surface area contributed by atoms with Crippen LogP contribution >= 0.6 is 0 Å². The second-order valence-electron chi connectivity index (χ2n) is 6.17. The summed E-state index contributed by atoms with van der Waals surface area (Å²) in [6, 6.07) is 8.24. The number of piperidine rings is 1. The summed E-state index contributed by atoms with van der Waals surface area (Å²) in [7, 11) is 0. The van der Waals surface area contributed by atoms with Crippen molar-refractivity contribution in [3.63, 3.8) is 0 Å². The molecular formula is C17H23N3O2. The molecule has 2 aromatic rings. The predicted molar refractivity (Wildman–Crippen MR) is 83.7 cm³/mol. The minimum Gasteiger partial charge on any atom is -0.493 e. The Kier molecular flexibility index (Phi) is 4.73. The van der Waals surface area contributed by atoms with E-state index < -0.39 is 0 Å². The Morgan fingerprint density at radius 2 is 2.23 bits per heavy atom. The van der Waals surface area contributed by atoms with Crippen molar-refractivity contribution in [1.29, 1.82) is 0 Å². The lowest BCUT2D eigenvalue weighted by Gasteiger charge is -2.32. The van der Waals surface area contributed by atoms with Gasteiger partial charge in [0, 0.05) is 19.0 Å². The molecule has 5 heteroatoms. The maximum absolute atomic E-state index is 5.96. The van der Waals surface area contributed by atoms with Crippen molar-refractivity contribution in [2.24, 2.45) is 5.92 Å². The van der Waals surface area contributed by atoms with Crippen LogP contribution in [0.4, 0.5) is 0 Å². The molecule has 1 aromatic carbocycles. The highest BCUT2D eigenvalue weighted by Gasteiger charge is 2.22. The van der Waals surface area contributed by atoms with Gasteiger partial charge in [-0.1, -0.05) is 22.4 Å². The number of benzene rings is 1. The molecule has 118 valence electrons. The normalized spacial score (nSPS) is 19.3. The Bertz CT molecular complexity index is 611. The van der Waals surface area contributed by atoms with Gasteiger partial charge in [-0.2, -0.15) is 0 Å². The highest BCUT2D eigenvalue weighted by Crippen LogP contribution is 2.21. The van der Waals surface area contributed by atoms with E-state index in [2.05, 4.69) is 34.3 Å². The number of aryl methyl sites for hydroxylation is 2. The lowest BCUT2D eigenvalue weighted by atomic mass is 9.99. The molecular weight excluding hydrogens is 278 g/mol. The Morgan fingerprint density at radius 1 is 1.32 bits per heavy atom. The maximum atomic E-state index is 5.96. The van der Waals surface area contributed by atoms with E-state index in [0.717, 1.165) is 43.4 Å². The van der Waals surface area contributed by atoms with Gasteiger partial charge >= 0.3 is 0 Å². The van der Waals surface area contributed by atoms with Crippen LogP contribution in [-0.2, 0) is 6.54 Å². The van der Waals surface area contributed by atoms with Crippen molar-refractivity contribution in [3.8, 4) is 5.75 Å². The van der Waals surface area contributed by atoms with Crippen LogP contribution in [0.2, 0.25) is 0 Å². The summed E-state index contributed by atoms with van der Waals surface area (Å²) in [6.07, 6.45) is 2.42. The second kappa shape index (κ2) is 6.92. The molecule has 0 bridgehead atoms. The first-order valence-electron chi connectivity index (χ1n) is 7.90. The smallest absolute Gasteiger partial charge is 0.122 e. The van der Waals surface area contributed by atoms with E-state index in [1.54, 1.807) is 0 Å². The lowest BCUT2D eigenvalue weighted by molar-refractivity contribution is 0.122. The Labute approximate surface area is 131 Å². The molecule has 1 aliphatic rings. The third-order valence-electron chi connectivity index (χ3n) is 4.20. The van der Waals surface area contributed by atoms with Crippen molar-refractivity contribution >= 4 is 0 Å². The fraction of sp³-hybridized carbons (Fsp3) is 0.529. The van der Waals surface area contributed by atoms with Crippen LogP contribution < -0.4 is 4.74 Å². The van der Waals surface area contributed by atoms with Crippen LogP contribution in [-0.4, -0.2) is 34.9 Å². The fourth-order valence-electron chi connectivity index (χ4n) is 2.95. The third-order valence-corrected chi connectivity index (χ3v) is 4.20. The first-order valence-corrected chi connectivity index (χ1v) is 7.90. The molecule has 1 saturated heterocycles. The summed E-state index contributed by atoms with van der Waals surface area (Å²) in [5, 5.41) is 7.83. The molecule has 1 aromatic heterocycles. The molecule has 0 saturated carbocycles. The Balaban J connectivity index is 1.51. The van der Waals surface area contributed by atoms with Crippen LogP contribution in [0.5, 0.6) is 5.75 Å². The third kappa shape index (κ3) is 3.85. The number of hydrogen-bond acceptors (Lipinski definition) is 5. The largest absolute Gasteiger partial charge is 0.493 e. The monoisotopic (exact) mass is 301 g/mol. The van der Waals surface area contributed by atoms with Crippen molar-refractivity contribution < 1.29 is 9.37 Å². The van der Waals surface area contributed by atoms with Crippen molar-refractivity contribution in [2.45, 2.75) is 33.2 Å². The topological polar surface area (TPSA) is 51.4 Å². The van der Waals surface area contributed by atoms with Gasteiger partial charge in [0.15, 0.2) is 0 Å². The van der Waals surface area contributed by atoms with Gasteiger partial charge in [-0.05, 0) is 50.9 Å². The quantitative estimate of drug-likeness (QED) is 0.850. The average Bonchev–Trinajstić information content (AvgIpc) is 2.91. The summed E-state index contributed by atoms with van der Waals surface area (Å²) in [4.78, 5) is 2.42. The fourth-order valence-corrected chi connectivity index (χ4v) is 2.95. The van der Waals surface area contributed by atoms with E-state index in [9.17, 15) is 0 Å². The zero-order valence-corrected chi connectivity index (χ0v) is 13.3. The number of hydrogen-bond donors (Lipinski definition) is 0. The molecule has 1 aliphatic heterocycles. The van der Waals surface area contributed by atoms with Crippen LogP contribution in [0.15, 0.2) is 28.9 Å². The van der Waals surface area contributed by atoms with Crippen molar-refractivity contribution in [2.75, 3.05) is 19.7 Å². The SMILES string of the molecule is Cc1cccc(OC[C@@H]2CCCN(Cc3nonc3C)C2)c1. The molecule has 3 rings (SSSR count). The molecule has 2 heterocycles. The van der Waals surface area contributed by atoms with Crippen LogP contribution in [0.1, 0.15) is 29.8 Å². The summed E-state index contributed by atoms with van der Waals surface area (Å²) in [5.74, 6) is 1.53. The van der Waals surface area contributed by atoms with E-state index in [1.807, 2.05) is 19.1 Å². The van der Waals surface area contributed by atoms with Gasteiger partial charge in [-0.15, -0.1) is 0 Å². The summed E-state index contributed by atoms with van der Waals surface area (Å²) >= 11 is 0. The van der Waals surface area contributed by atoms with Crippen LogP contribution in [0.25, 0.3) is 0 Å². The number of aromatic nitrogens is 2. The minimum absolute atomic E-state index is 0.564. The highest BCUT2D eigenvalue weighted by molar-refractivity contribution is 5.27. The number of nitrogens with zero attached hydrogens (tertiary/aromatic N) is 3. The van der Waals surface area contributed by atoms with Crippen LogP contribution in [0, 0.1) is 19.8 Å². The van der Waals surface area contributed by atoms with Gasteiger partial charge in [-0.3, -0.25) is 4.90 Å². The van der Waals surface area contributed by atoms with E-state index in [-0.39, 0.29) is 0 Å². The molecule has 1 atom stereocenters. The van der Waals surface area contributed by atoms with Gasteiger partial charge in [-0.25, -0.2) is 4.63 Å². The van der Waals surface area contributed by atoms with Gasteiger partial charge in [0.1, 0.15) is 17.1 Å². The predicted octanol–water partition coefficient (Wildman–Crippen LogP) is 2.98. The molecule has 22 heavy (non-hydrogen) atoms. The Hall–Kier alpha value is -1.88. The number of likely N-dealkylation sites (tertiary alicyclic amines) is 1. The van der Waals surface area contributed by atoms with E-state index in [4.69, 9.17) is 9.37 Å². The first kappa shape index (κ1) is 15.0. The van der Waals surface area contributed by atoms with Gasteiger partial charge in [0.05, 0.1) is 6.61 Å². The van der Waals surface area contributed by atoms with Crippen LogP contribution in [0.3, 0.4) is 0 Å². The van der Waals surface area contributed by atoms with Gasteiger partial charge < -0.3 is 4.74 Å². The maximum Gasteiger partial charge on any atom is 0.122 e. The van der Waals surface area contributed by atoms with E-state index in [1.165, 1.54) is 18.4 Å². The van der Waals surface area contributed by atoms with Crippen molar-refractivity contribution in [3.05, 3.63) is 41.2 Å². The average molecular weight is 301 g/mol. The molecule has 0 aliphatic carbocycles. The van der Waals surface area contributed by atoms with Gasteiger partial charge in [0.25, 0.3) is 0 Å². The summed E-state index contributed by atoms with van der Waals surface area (Å²) in [5.41, 5.74) is 3.06. The zero-order valence-electron chi connectivity index (χ0n) is 13.3. The molecule has 0 amide bonds. The molecule has 0 N–H and O–H groups in total. The van der Waals surface area contributed by atoms with Crippen molar-refractivity contribution in [1.82, 2.24) is 15.2 Å². The standard InChI is InChI=1S/C17H23N3O2/c1-13-5-3-7-16(9-13)21-12-15-6-4-8-20(10-15)11-17-14(2)18-22-19-17/h3,5,7,9,15H,4,6,8,10-12H2,1-2H3/t15-/m1/s1. The first-order chi connectivity index (χ1) is 10.7. The lowest BCUT2D eigenvalue weighted by Crippen LogP contribution is -2.37. The molecule has 1 fully saturated rings. The zero-order chi connectivity index (χ0) is 15.4. The van der Waals surface area contributed by atoms with Gasteiger partial charge in [0.2, 0.25) is 0 Å². The number of ether oxygens (including phenoxy) is 1. The molecule has 0 unspecified atom stereocenters. The number of rotatable bonds is 5. The minimum atomic E-state index is 0.564. The molecule has 0 radical (unpaired) electrons. The van der Waals surface area contributed by atoms with E-state index in [0.29, 0.717) is 5.92 Å². The summed E-state index contributed by atoms with van der Waals surface area (Å²) in [6.45, 7) is 7.76. The molecule has 0 spiro atoms. The molecule has 5 nitrogen and oxygen atoms in total. The second-order valence-corrected chi connectivity index (χ2v) is 6.17. The highest BCUT2D eigenvalue weighted by atomic mass is 16.6. The summed E-state index contributed by atoms with van der Waals surface area (Å²) < 4.78 is 10.7.